The van der Waals surface area contributed by atoms with Gasteiger partial charge in [-0.05, 0) is 59.2 Å². The highest BCUT2D eigenvalue weighted by Gasteiger charge is 2.13. The second-order valence-electron chi connectivity index (χ2n) is 8.29. The molecule has 0 aliphatic rings. The van der Waals surface area contributed by atoms with E-state index < -0.39 is 5.91 Å². The normalized spacial score (nSPS) is 10.8. The third-order valence-electron chi connectivity index (χ3n) is 5.57. The third kappa shape index (κ3) is 7.66. The third-order valence-corrected chi connectivity index (χ3v) is 6.08. The van der Waals surface area contributed by atoms with Gasteiger partial charge in [-0.2, -0.15) is 5.10 Å². The highest BCUT2D eigenvalue weighted by molar-refractivity contribution is 6.32. The van der Waals surface area contributed by atoms with Crippen LogP contribution in [0, 0.1) is 0 Å². The largest absolute Gasteiger partial charge is 0.493 e. The van der Waals surface area contributed by atoms with E-state index >= 15 is 0 Å². The molecule has 9 heteroatoms. The molecule has 0 heterocycles. The molecule has 0 bridgehead atoms. The zero-order valence-electron chi connectivity index (χ0n) is 21.3. The molecule has 0 fully saturated rings. The number of methoxy groups -OCH3 is 2. The first-order valence-corrected chi connectivity index (χ1v) is 12.7. The Morgan fingerprint density at radius 1 is 0.795 bits per heavy atom. The molecule has 4 aromatic carbocycles. The topological polar surface area (TPSA) is 78.4 Å². The van der Waals surface area contributed by atoms with Crippen molar-refractivity contribution in [2.24, 2.45) is 5.10 Å². The standard InChI is InChI=1S/C30H26Cl2N2O5/c1-36-27-16-23(11-12-26(27)38-18-20-7-4-3-5-8-20)30(35)34-33-17-22-14-25(32)29(28(15-22)37-2)39-19-21-9-6-10-24(31)13-21/h3-17H,18-19H2,1-2H3,(H,34,35)/b33-17+. The lowest BCUT2D eigenvalue weighted by Gasteiger charge is -2.13. The van der Waals surface area contributed by atoms with Crippen LogP contribution in [0.15, 0.2) is 90.0 Å². The van der Waals surface area contributed by atoms with Gasteiger partial charge >= 0.3 is 0 Å². The van der Waals surface area contributed by atoms with E-state index in [1.165, 1.54) is 20.4 Å². The summed E-state index contributed by atoms with van der Waals surface area (Å²) in [7, 11) is 3.03. The minimum atomic E-state index is -0.418. The Labute approximate surface area is 236 Å². The summed E-state index contributed by atoms with van der Waals surface area (Å²) in [6, 6.07) is 25.4. The van der Waals surface area contributed by atoms with Gasteiger partial charge in [0.1, 0.15) is 13.2 Å². The number of carbonyl (C=O) groups is 1. The van der Waals surface area contributed by atoms with Crippen molar-refractivity contribution in [2.75, 3.05) is 14.2 Å². The number of carbonyl (C=O) groups excluding carboxylic acids is 1. The number of rotatable bonds is 11. The summed E-state index contributed by atoms with van der Waals surface area (Å²) in [4.78, 5) is 12.7. The first-order valence-electron chi connectivity index (χ1n) is 11.9. The average molecular weight is 565 g/mol. The number of hydrogen-bond acceptors (Lipinski definition) is 6. The second-order valence-corrected chi connectivity index (χ2v) is 9.14. The number of halogens is 2. The molecule has 0 saturated heterocycles. The van der Waals surface area contributed by atoms with Gasteiger partial charge in [-0.1, -0.05) is 65.7 Å². The molecule has 200 valence electrons. The Morgan fingerprint density at radius 2 is 1.54 bits per heavy atom. The number of nitrogens with zero attached hydrogens (tertiary/aromatic N) is 1. The van der Waals surface area contributed by atoms with E-state index in [9.17, 15) is 4.79 Å². The van der Waals surface area contributed by atoms with Gasteiger partial charge in [-0.25, -0.2) is 5.43 Å². The lowest BCUT2D eigenvalue weighted by molar-refractivity contribution is 0.0954. The van der Waals surface area contributed by atoms with Crippen LogP contribution < -0.4 is 24.4 Å². The minimum absolute atomic E-state index is 0.264. The first kappa shape index (κ1) is 27.8. The van der Waals surface area contributed by atoms with Gasteiger partial charge in [0.2, 0.25) is 0 Å². The van der Waals surface area contributed by atoms with E-state index in [2.05, 4.69) is 10.5 Å². The van der Waals surface area contributed by atoms with Crippen molar-refractivity contribution in [2.45, 2.75) is 13.2 Å². The highest BCUT2D eigenvalue weighted by atomic mass is 35.5. The van der Waals surface area contributed by atoms with Crippen molar-refractivity contribution in [1.82, 2.24) is 5.43 Å². The van der Waals surface area contributed by atoms with Gasteiger partial charge in [0.05, 0.1) is 25.5 Å². The summed E-state index contributed by atoms with van der Waals surface area (Å²) in [5, 5.41) is 5.01. The van der Waals surface area contributed by atoms with E-state index in [4.69, 9.17) is 42.1 Å². The molecule has 1 amide bonds. The summed E-state index contributed by atoms with van der Waals surface area (Å²) in [6.07, 6.45) is 1.46. The summed E-state index contributed by atoms with van der Waals surface area (Å²) >= 11 is 12.5. The molecule has 0 saturated carbocycles. The van der Waals surface area contributed by atoms with E-state index in [1.807, 2.05) is 48.5 Å². The maximum absolute atomic E-state index is 12.7. The molecule has 0 aromatic heterocycles. The minimum Gasteiger partial charge on any atom is -0.493 e. The van der Waals surface area contributed by atoms with Crippen LogP contribution in [0.5, 0.6) is 23.0 Å². The Hall–Kier alpha value is -4.20. The fraction of sp³-hybridized carbons (Fsp3) is 0.133. The molecule has 0 atom stereocenters. The molecule has 0 aliphatic carbocycles. The number of ether oxygens (including phenoxy) is 4. The summed E-state index contributed by atoms with van der Waals surface area (Å²) in [5.74, 6) is 1.36. The first-order chi connectivity index (χ1) is 19.0. The van der Waals surface area contributed by atoms with Crippen molar-refractivity contribution in [1.29, 1.82) is 0 Å². The molecule has 39 heavy (non-hydrogen) atoms. The zero-order valence-corrected chi connectivity index (χ0v) is 22.8. The van der Waals surface area contributed by atoms with Gasteiger partial charge < -0.3 is 18.9 Å². The molecule has 4 aromatic rings. The lowest BCUT2D eigenvalue weighted by Crippen LogP contribution is -2.17. The molecule has 4 rings (SSSR count). The van der Waals surface area contributed by atoms with Gasteiger partial charge in [0.25, 0.3) is 5.91 Å². The molecule has 0 unspecified atom stereocenters. The van der Waals surface area contributed by atoms with Crippen LogP contribution in [0.1, 0.15) is 27.0 Å². The molecular formula is C30H26Cl2N2O5. The van der Waals surface area contributed by atoms with Crippen molar-refractivity contribution < 1.29 is 23.7 Å². The number of amides is 1. The smallest absolute Gasteiger partial charge is 0.271 e. The molecule has 0 aliphatic heterocycles. The van der Waals surface area contributed by atoms with E-state index in [-0.39, 0.29) is 6.61 Å². The van der Waals surface area contributed by atoms with Crippen LogP contribution in [0.3, 0.4) is 0 Å². The summed E-state index contributed by atoms with van der Waals surface area (Å²) in [6.45, 7) is 0.642. The Kier molecular flexibility index (Phi) is 9.67. The van der Waals surface area contributed by atoms with Crippen molar-refractivity contribution in [3.63, 3.8) is 0 Å². The van der Waals surface area contributed by atoms with Crippen molar-refractivity contribution in [3.8, 4) is 23.0 Å². The predicted octanol–water partition coefficient (Wildman–Crippen LogP) is 6.93. The van der Waals surface area contributed by atoms with Crippen LogP contribution in [-0.2, 0) is 13.2 Å². The monoisotopic (exact) mass is 564 g/mol. The fourth-order valence-electron chi connectivity index (χ4n) is 3.63. The average Bonchev–Trinajstić information content (AvgIpc) is 2.95. The maximum Gasteiger partial charge on any atom is 0.271 e. The van der Waals surface area contributed by atoms with Crippen LogP contribution in [0.25, 0.3) is 0 Å². The van der Waals surface area contributed by atoms with Crippen LogP contribution >= 0.6 is 23.2 Å². The predicted molar refractivity (Wildman–Crippen MR) is 153 cm³/mol. The molecular weight excluding hydrogens is 539 g/mol. The number of hydrogen-bond donors (Lipinski definition) is 1. The zero-order chi connectivity index (χ0) is 27.6. The number of nitrogens with one attached hydrogen (secondary N) is 1. The van der Waals surface area contributed by atoms with E-state index in [1.54, 1.807) is 36.4 Å². The number of hydrazone groups is 1. The Bertz CT molecular complexity index is 1460. The molecule has 7 nitrogen and oxygen atoms in total. The van der Waals surface area contributed by atoms with E-state index in [0.717, 1.165) is 11.1 Å². The van der Waals surface area contributed by atoms with Gasteiger partial charge in [-0.15, -0.1) is 0 Å². The highest BCUT2D eigenvalue weighted by Crippen LogP contribution is 2.36. The Morgan fingerprint density at radius 3 is 2.28 bits per heavy atom. The maximum atomic E-state index is 12.7. The SMILES string of the molecule is COc1cc(C(=O)N/N=C/c2cc(Cl)c(OCc3cccc(Cl)c3)c(OC)c2)ccc1OCc1ccccc1. The van der Waals surface area contributed by atoms with Crippen LogP contribution in [0.2, 0.25) is 10.0 Å². The van der Waals surface area contributed by atoms with E-state index in [0.29, 0.717) is 50.8 Å². The summed E-state index contributed by atoms with van der Waals surface area (Å²) in [5.41, 5.74) is 5.38. The lowest BCUT2D eigenvalue weighted by atomic mass is 10.2. The summed E-state index contributed by atoms with van der Waals surface area (Å²) < 4.78 is 22.6. The van der Waals surface area contributed by atoms with Crippen molar-refractivity contribution >= 4 is 35.3 Å². The molecule has 0 spiro atoms. The van der Waals surface area contributed by atoms with Crippen LogP contribution in [0.4, 0.5) is 0 Å². The second kappa shape index (κ2) is 13.6. The number of benzene rings is 4. The van der Waals surface area contributed by atoms with Gasteiger partial charge in [0, 0.05) is 10.6 Å². The fourth-order valence-corrected chi connectivity index (χ4v) is 4.12. The van der Waals surface area contributed by atoms with Crippen molar-refractivity contribution in [3.05, 3.63) is 117 Å². The quantitative estimate of drug-likeness (QED) is 0.158. The Balaban J connectivity index is 1.39. The molecule has 1 N–H and O–H groups in total. The van der Waals surface area contributed by atoms with Gasteiger partial charge in [0.15, 0.2) is 23.0 Å². The van der Waals surface area contributed by atoms with Crippen LogP contribution in [-0.4, -0.2) is 26.3 Å². The molecule has 0 radical (unpaired) electrons. The van der Waals surface area contributed by atoms with Gasteiger partial charge in [-0.3, -0.25) is 4.79 Å².